The average Bonchev–Trinajstić information content (AvgIpc) is 3.19. The Bertz CT molecular complexity index is 779. The largest absolute Gasteiger partial charge is 0.491 e. The second-order valence-corrected chi connectivity index (χ2v) is 9.17. The van der Waals surface area contributed by atoms with Crippen LogP contribution in [0.5, 0.6) is 5.75 Å². The molecule has 1 aliphatic carbocycles. The van der Waals surface area contributed by atoms with Gasteiger partial charge >= 0.3 is 0 Å². The standard InChI is InChI=1S/C19H28N4O4S/c20-18-17-15(21-28(25,26)22-18)9-5-10-16(17)27-12-14-8-3-4-11-23(14)19(24)13-6-1-2-7-13/h5,9-10,13-14,21,25-26H,1-4,6-8,11-12H2,(H2,20,22)/t14-/m1/s1. The quantitative estimate of drug-likeness (QED) is 0.606. The number of fused-ring (bicyclic) bond motifs is 1. The molecule has 28 heavy (non-hydrogen) atoms. The van der Waals surface area contributed by atoms with E-state index in [0.717, 1.165) is 51.5 Å². The summed E-state index contributed by atoms with van der Waals surface area (Å²) in [6, 6.07) is 5.30. The van der Waals surface area contributed by atoms with Gasteiger partial charge in [0.25, 0.3) is 0 Å². The van der Waals surface area contributed by atoms with Crippen LogP contribution in [0.15, 0.2) is 22.6 Å². The molecule has 1 saturated carbocycles. The van der Waals surface area contributed by atoms with Crippen LogP contribution < -0.4 is 15.2 Å². The second kappa shape index (κ2) is 7.81. The van der Waals surface area contributed by atoms with E-state index in [4.69, 9.17) is 10.5 Å². The van der Waals surface area contributed by atoms with Crippen LogP contribution in [0.4, 0.5) is 5.69 Å². The number of hydrogen-bond acceptors (Lipinski definition) is 7. The van der Waals surface area contributed by atoms with Gasteiger partial charge in [-0.1, -0.05) is 18.9 Å². The molecule has 2 fully saturated rings. The molecular formula is C19H28N4O4S. The number of carbonyl (C=O) groups is 1. The second-order valence-electron chi connectivity index (χ2n) is 7.75. The van der Waals surface area contributed by atoms with Crippen LogP contribution in [0.1, 0.15) is 50.5 Å². The minimum atomic E-state index is -3.32. The van der Waals surface area contributed by atoms with Crippen LogP contribution in [-0.4, -0.2) is 44.9 Å². The monoisotopic (exact) mass is 408 g/mol. The molecule has 2 aliphatic heterocycles. The number of nitrogens with zero attached hydrogens (tertiary/aromatic N) is 2. The van der Waals surface area contributed by atoms with Crippen LogP contribution in [0.3, 0.4) is 0 Å². The number of ether oxygens (including phenoxy) is 1. The van der Waals surface area contributed by atoms with Gasteiger partial charge in [0.15, 0.2) is 5.84 Å². The van der Waals surface area contributed by atoms with Gasteiger partial charge in [-0.2, -0.15) is 0 Å². The van der Waals surface area contributed by atoms with Crippen LogP contribution >= 0.6 is 11.0 Å². The fourth-order valence-corrected chi connectivity index (χ4v) is 5.29. The van der Waals surface area contributed by atoms with Gasteiger partial charge in [-0.05, 0) is 55.2 Å². The van der Waals surface area contributed by atoms with Crippen LogP contribution in [0.25, 0.3) is 0 Å². The van der Waals surface area contributed by atoms with Crippen molar-refractivity contribution in [1.29, 1.82) is 0 Å². The molecule has 4 rings (SSSR count). The molecule has 0 unspecified atom stereocenters. The summed E-state index contributed by atoms with van der Waals surface area (Å²) >= 11 is 0. The number of nitrogens with two attached hydrogens (primary N) is 1. The highest BCUT2D eigenvalue weighted by molar-refractivity contribution is 8.24. The van der Waals surface area contributed by atoms with E-state index in [0.29, 0.717) is 23.6 Å². The molecular weight excluding hydrogens is 380 g/mol. The van der Waals surface area contributed by atoms with Crippen molar-refractivity contribution in [2.24, 2.45) is 16.0 Å². The zero-order chi connectivity index (χ0) is 19.7. The summed E-state index contributed by atoms with van der Waals surface area (Å²) in [7, 11) is -3.32. The van der Waals surface area contributed by atoms with Crippen molar-refractivity contribution in [3.63, 3.8) is 0 Å². The Morgan fingerprint density at radius 2 is 2.00 bits per heavy atom. The van der Waals surface area contributed by atoms with Crippen LogP contribution in [-0.2, 0) is 4.79 Å². The van der Waals surface area contributed by atoms with Gasteiger partial charge in [0.2, 0.25) is 5.91 Å². The van der Waals surface area contributed by atoms with Crippen molar-refractivity contribution in [3.8, 4) is 5.75 Å². The molecule has 0 spiro atoms. The number of rotatable bonds is 4. The first-order chi connectivity index (χ1) is 13.4. The van der Waals surface area contributed by atoms with E-state index in [9.17, 15) is 13.9 Å². The molecule has 0 aromatic heterocycles. The normalized spacial score (nSPS) is 25.4. The maximum Gasteiger partial charge on any atom is 0.226 e. The van der Waals surface area contributed by atoms with Gasteiger partial charge < -0.3 is 15.4 Å². The number of carbonyl (C=O) groups excluding carboxylic acids is 1. The van der Waals surface area contributed by atoms with Gasteiger partial charge in [-0.3, -0.25) is 18.6 Å². The maximum atomic E-state index is 12.9. The molecule has 154 valence electrons. The minimum absolute atomic E-state index is 0.0342. The Morgan fingerprint density at radius 3 is 2.79 bits per heavy atom. The van der Waals surface area contributed by atoms with Crippen LogP contribution in [0, 0.1) is 5.92 Å². The smallest absolute Gasteiger partial charge is 0.226 e. The lowest BCUT2D eigenvalue weighted by Crippen LogP contribution is -2.48. The zero-order valence-electron chi connectivity index (χ0n) is 15.8. The number of anilines is 1. The summed E-state index contributed by atoms with van der Waals surface area (Å²) in [4.78, 5) is 15.0. The molecule has 0 bridgehead atoms. The van der Waals surface area contributed by atoms with Crippen LogP contribution in [0.2, 0.25) is 0 Å². The Kier molecular flexibility index (Phi) is 5.39. The average molecular weight is 409 g/mol. The third kappa shape index (κ3) is 3.92. The molecule has 1 aromatic rings. The Morgan fingerprint density at radius 1 is 1.25 bits per heavy atom. The molecule has 8 nitrogen and oxygen atoms in total. The van der Waals surface area contributed by atoms with Crippen molar-refractivity contribution in [3.05, 3.63) is 23.8 Å². The molecule has 5 N–H and O–H groups in total. The van der Waals surface area contributed by atoms with Gasteiger partial charge in [0.05, 0.1) is 17.3 Å². The Balaban J connectivity index is 1.49. The SMILES string of the molecule is NC1=NS(O)(O)Nc2cccc(OC[C@H]3CCCCN3C(=O)C3CCCC3)c21. The lowest BCUT2D eigenvalue weighted by Gasteiger charge is -2.37. The third-order valence-electron chi connectivity index (χ3n) is 5.80. The summed E-state index contributed by atoms with van der Waals surface area (Å²) in [5, 5.41) is 0. The Labute approximate surface area is 166 Å². The number of piperidine rings is 1. The highest BCUT2D eigenvalue weighted by atomic mass is 32.3. The fourth-order valence-electron chi connectivity index (χ4n) is 4.41. The number of likely N-dealkylation sites (tertiary alicyclic amines) is 1. The fraction of sp³-hybridized carbons (Fsp3) is 0.579. The predicted octanol–water partition coefficient (Wildman–Crippen LogP) is 3.35. The number of hydrogen-bond donors (Lipinski definition) is 4. The molecule has 1 aromatic carbocycles. The summed E-state index contributed by atoms with van der Waals surface area (Å²) in [5.74, 6) is 1.01. The van der Waals surface area contributed by atoms with E-state index in [1.165, 1.54) is 0 Å². The lowest BCUT2D eigenvalue weighted by atomic mass is 9.98. The molecule has 1 saturated heterocycles. The molecule has 9 heteroatoms. The number of amidine groups is 1. The summed E-state index contributed by atoms with van der Waals surface area (Å²) in [6.45, 7) is 1.18. The Hall–Kier alpha value is -1.97. The number of amides is 1. The molecule has 3 aliphatic rings. The highest BCUT2D eigenvalue weighted by Crippen LogP contribution is 2.46. The van der Waals surface area contributed by atoms with Crippen molar-refractivity contribution < 1.29 is 18.6 Å². The molecule has 2 heterocycles. The predicted molar refractivity (Wildman–Crippen MR) is 110 cm³/mol. The number of benzene rings is 1. The van der Waals surface area contributed by atoms with E-state index >= 15 is 0 Å². The first-order valence-electron chi connectivity index (χ1n) is 9.92. The highest BCUT2D eigenvalue weighted by Gasteiger charge is 2.33. The summed E-state index contributed by atoms with van der Waals surface area (Å²) < 4.78 is 32.0. The summed E-state index contributed by atoms with van der Waals surface area (Å²) in [6.07, 6.45) is 7.34. The van der Waals surface area contributed by atoms with E-state index in [-0.39, 0.29) is 23.7 Å². The van der Waals surface area contributed by atoms with E-state index in [1.807, 2.05) is 4.90 Å². The van der Waals surface area contributed by atoms with E-state index in [2.05, 4.69) is 9.12 Å². The molecule has 1 amide bonds. The van der Waals surface area contributed by atoms with Gasteiger partial charge in [-0.25, -0.2) is 0 Å². The molecule has 0 radical (unpaired) electrons. The number of nitrogens with one attached hydrogen (secondary N) is 1. The van der Waals surface area contributed by atoms with Crippen molar-refractivity contribution in [2.45, 2.75) is 51.0 Å². The first kappa shape index (κ1) is 19.4. The maximum absolute atomic E-state index is 12.9. The van der Waals surface area contributed by atoms with E-state index in [1.54, 1.807) is 18.2 Å². The van der Waals surface area contributed by atoms with Crippen molar-refractivity contribution in [1.82, 2.24) is 4.90 Å². The topological polar surface area (TPSA) is 120 Å². The van der Waals surface area contributed by atoms with Crippen molar-refractivity contribution >= 4 is 28.4 Å². The lowest BCUT2D eigenvalue weighted by molar-refractivity contribution is -0.139. The summed E-state index contributed by atoms with van der Waals surface area (Å²) in [5.41, 5.74) is 6.96. The first-order valence-corrected chi connectivity index (χ1v) is 11.4. The van der Waals surface area contributed by atoms with Gasteiger partial charge in [0, 0.05) is 12.5 Å². The van der Waals surface area contributed by atoms with Crippen molar-refractivity contribution in [2.75, 3.05) is 17.9 Å². The van der Waals surface area contributed by atoms with Gasteiger partial charge in [-0.15, -0.1) is 4.40 Å². The molecule has 1 atom stereocenters. The van der Waals surface area contributed by atoms with E-state index < -0.39 is 11.0 Å². The zero-order valence-corrected chi connectivity index (χ0v) is 16.7. The van der Waals surface area contributed by atoms with Gasteiger partial charge in [0.1, 0.15) is 12.4 Å². The minimum Gasteiger partial charge on any atom is -0.491 e. The third-order valence-corrected chi connectivity index (χ3v) is 6.75.